The first-order chi connectivity index (χ1) is 19.4. The molecule has 7 fully saturated rings. The van der Waals surface area contributed by atoms with E-state index in [-0.39, 0.29) is 34.1 Å². The third kappa shape index (κ3) is 3.13. The van der Waals surface area contributed by atoms with Gasteiger partial charge >= 0.3 is 11.9 Å². The predicted molar refractivity (Wildman–Crippen MR) is 152 cm³/mol. The first kappa shape index (κ1) is 29.2. The van der Waals surface area contributed by atoms with Gasteiger partial charge in [0.2, 0.25) is 0 Å². The van der Waals surface area contributed by atoms with Crippen molar-refractivity contribution >= 4 is 17.7 Å². The molecule has 0 amide bonds. The van der Waals surface area contributed by atoms with Gasteiger partial charge in [-0.05, 0) is 88.4 Å². The molecule has 42 heavy (non-hydrogen) atoms. The van der Waals surface area contributed by atoms with Gasteiger partial charge in [0, 0.05) is 48.9 Å². The summed E-state index contributed by atoms with van der Waals surface area (Å²) in [7, 11) is 0. The van der Waals surface area contributed by atoms with E-state index >= 15 is 0 Å². The highest BCUT2D eigenvalue weighted by molar-refractivity contribution is 5.86. The number of fused-ring (bicyclic) bond motifs is 4. The highest BCUT2D eigenvalue weighted by atomic mass is 16.7. The van der Waals surface area contributed by atoms with E-state index in [2.05, 4.69) is 27.7 Å². The zero-order valence-corrected chi connectivity index (χ0v) is 26.8. The third-order valence-corrected chi connectivity index (χ3v) is 14.7. The van der Waals surface area contributed by atoms with Crippen molar-refractivity contribution in [1.82, 2.24) is 0 Å². The zero-order valence-electron chi connectivity index (χ0n) is 26.8. The van der Waals surface area contributed by atoms with Gasteiger partial charge in [0.05, 0.1) is 12.2 Å². The molecule has 1 N–H and O–H groups in total. The lowest BCUT2D eigenvalue weighted by Crippen LogP contribution is -2.62. The van der Waals surface area contributed by atoms with Crippen molar-refractivity contribution in [1.29, 1.82) is 0 Å². The van der Waals surface area contributed by atoms with Crippen LogP contribution in [-0.2, 0) is 33.3 Å². The number of carbonyl (C=O) groups is 3. The van der Waals surface area contributed by atoms with Gasteiger partial charge in [0.25, 0.3) is 0 Å². The van der Waals surface area contributed by atoms with Crippen LogP contribution in [0.4, 0.5) is 0 Å². The van der Waals surface area contributed by atoms with Crippen LogP contribution in [0.15, 0.2) is 0 Å². The van der Waals surface area contributed by atoms with Gasteiger partial charge < -0.3 is 24.1 Å². The Morgan fingerprint density at radius 1 is 0.881 bits per heavy atom. The number of rotatable bonds is 3. The van der Waals surface area contributed by atoms with Crippen LogP contribution < -0.4 is 0 Å². The van der Waals surface area contributed by atoms with Crippen LogP contribution >= 0.6 is 0 Å². The maximum absolute atomic E-state index is 13.1. The molecule has 11 atom stereocenters. The van der Waals surface area contributed by atoms with Gasteiger partial charge in [-0.2, -0.15) is 0 Å². The van der Waals surface area contributed by atoms with Crippen molar-refractivity contribution in [2.45, 2.75) is 142 Å². The summed E-state index contributed by atoms with van der Waals surface area (Å²) in [5.74, 6) is -1.25. The molecule has 3 spiro atoms. The first-order valence-electron chi connectivity index (χ1n) is 16.3. The highest BCUT2D eigenvalue weighted by Gasteiger charge is 2.88. The quantitative estimate of drug-likeness (QED) is 0.454. The molecule has 7 rings (SSSR count). The van der Waals surface area contributed by atoms with E-state index in [1.807, 2.05) is 0 Å². The van der Waals surface area contributed by atoms with Crippen molar-refractivity contribution < 1.29 is 38.4 Å². The molecule has 0 unspecified atom stereocenters. The fraction of sp³-hybridized carbons (Fsp3) is 0.912. The van der Waals surface area contributed by atoms with Crippen LogP contribution in [0.1, 0.15) is 113 Å². The fourth-order valence-electron chi connectivity index (χ4n) is 13.0. The molecular weight excluding hydrogens is 536 g/mol. The Labute approximate surface area is 249 Å². The highest BCUT2D eigenvalue weighted by Crippen LogP contribution is 2.89. The maximum Gasteiger partial charge on any atom is 0.303 e. The number of ether oxygens (including phenoxy) is 4. The first-order valence-corrected chi connectivity index (χ1v) is 16.3. The number of hydrogen-bond acceptors (Lipinski definition) is 8. The van der Waals surface area contributed by atoms with E-state index in [1.54, 1.807) is 13.8 Å². The van der Waals surface area contributed by atoms with Gasteiger partial charge in [-0.25, -0.2) is 0 Å². The molecule has 8 nitrogen and oxygen atoms in total. The van der Waals surface area contributed by atoms with Crippen molar-refractivity contribution in [3.8, 4) is 0 Å². The summed E-state index contributed by atoms with van der Waals surface area (Å²) in [6, 6.07) is 0. The van der Waals surface area contributed by atoms with Gasteiger partial charge in [0.1, 0.15) is 23.6 Å². The van der Waals surface area contributed by atoms with E-state index in [0.717, 1.165) is 38.5 Å². The number of carbonyl (C=O) groups excluding carboxylic acids is 3. The molecule has 2 aliphatic heterocycles. The van der Waals surface area contributed by atoms with Crippen molar-refractivity contribution in [3.63, 3.8) is 0 Å². The summed E-state index contributed by atoms with van der Waals surface area (Å²) in [5.41, 5.74) is -3.20. The standard InChI is InChI=1S/C34H50O8/c1-19(35)40-24-25-29(7)13-16-34(42-29,28(5,6)38)39-18-33(25)15-14-32-17-31(32)12-11-23(37)27(3,4)21(31)9-10-22(32)30(33,8)26(24)41-20(2)36/h21-22,24-26,38H,9-18H2,1-8H3/t21-,22-,24+,25+,26+,29-,30+,31+,32-,33-,34-/m0/s1. The molecule has 2 bridgehead atoms. The second-order valence-electron chi connectivity index (χ2n) is 16.9. The van der Waals surface area contributed by atoms with E-state index in [9.17, 15) is 19.5 Å². The minimum Gasteiger partial charge on any atom is -0.458 e. The molecule has 2 heterocycles. The maximum atomic E-state index is 13.1. The second kappa shape index (κ2) is 8.20. The minimum atomic E-state index is -1.24. The largest absolute Gasteiger partial charge is 0.458 e. The lowest BCUT2D eigenvalue weighted by molar-refractivity contribution is -0.316. The molecular formula is C34H50O8. The van der Waals surface area contributed by atoms with Gasteiger partial charge in [-0.3, -0.25) is 14.4 Å². The van der Waals surface area contributed by atoms with E-state index in [4.69, 9.17) is 18.9 Å². The van der Waals surface area contributed by atoms with Crippen LogP contribution in [-0.4, -0.2) is 58.6 Å². The third-order valence-electron chi connectivity index (χ3n) is 14.7. The molecule has 7 aliphatic rings. The van der Waals surface area contributed by atoms with Crippen LogP contribution in [0.2, 0.25) is 0 Å². The van der Waals surface area contributed by atoms with Crippen LogP contribution in [0, 0.1) is 44.8 Å². The fourth-order valence-corrected chi connectivity index (χ4v) is 13.0. The van der Waals surface area contributed by atoms with Crippen molar-refractivity contribution in [2.24, 2.45) is 44.8 Å². The Bertz CT molecular complexity index is 1250. The number of aliphatic hydroxyl groups is 1. The van der Waals surface area contributed by atoms with E-state index < -0.39 is 46.0 Å². The Balaban J connectivity index is 1.41. The van der Waals surface area contributed by atoms with Gasteiger partial charge in [0.15, 0.2) is 5.79 Å². The normalized spacial score (nSPS) is 53.5. The summed E-state index contributed by atoms with van der Waals surface area (Å²) in [6.07, 6.45) is 6.28. The molecule has 0 radical (unpaired) electrons. The van der Waals surface area contributed by atoms with Crippen LogP contribution in [0.25, 0.3) is 0 Å². The molecule has 0 aromatic carbocycles. The van der Waals surface area contributed by atoms with Crippen LogP contribution in [0.3, 0.4) is 0 Å². The zero-order chi connectivity index (χ0) is 30.5. The molecule has 2 saturated heterocycles. The molecule has 8 heteroatoms. The van der Waals surface area contributed by atoms with Crippen LogP contribution in [0.5, 0.6) is 0 Å². The van der Waals surface area contributed by atoms with Gasteiger partial charge in [-0.1, -0.05) is 20.8 Å². The van der Waals surface area contributed by atoms with Gasteiger partial charge in [-0.15, -0.1) is 0 Å². The number of ketones is 1. The van der Waals surface area contributed by atoms with E-state index in [1.165, 1.54) is 13.8 Å². The topological polar surface area (TPSA) is 108 Å². The summed E-state index contributed by atoms with van der Waals surface area (Å²) in [4.78, 5) is 38.8. The SMILES string of the molecule is CC(=O)O[C@H]1[C@@H](OC(C)=O)[C@@]2(C)[C@@H]3CC[C@H]4C(C)(C)C(=O)CC[C@@]45C[C@@]35CC[C@@]23CO[C@@]2(C(C)(C)O)CC[C@](C)(O2)[C@@H]13. The average molecular weight is 587 g/mol. The predicted octanol–water partition coefficient (Wildman–Crippen LogP) is 5.12. The second-order valence-corrected chi connectivity index (χ2v) is 16.9. The number of Topliss-reactive ketones (excluding diaryl/α,β-unsaturated/α-hetero) is 1. The Kier molecular flexibility index (Phi) is 5.70. The van der Waals surface area contributed by atoms with Crippen molar-refractivity contribution in [3.05, 3.63) is 0 Å². The molecule has 5 saturated carbocycles. The summed E-state index contributed by atoms with van der Waals surface area (Å²) in [5, 5.41) is 11.4. The Morgan fingerprint density at radius 2 is 1.50 bits per heavy atom. The summed E-state index contributed by atoms with van der Waals surface area (Å²) >= 11 is 0. The minimum absolute atomic E-state index is 0.0585. The molecule has 0 aromatic rings. The molecule has 0 aromatic heterocycles. The van der Waals surface area contributed by atoms with E-state index in [0.29, 0.717) is 37.6 Å². The number of esters is 2. The Morgan fingerprint density at radius 3 is 2.14 bits per heavy atom. The Hall–Kier alpha value is -1.51. The number of hydrogen-bond donors (Lipinski definition) is 1. The lowest BCUT2D eigenvalue weighted by Gasteiger charge is -2.63. The molecule has 234 valence electrons. The smallest absolute Gasteiger partial charge is 0.303 e. The van der Waals surface area contributed by atoms with Crippen molar-refractivity contribution in [2.75, 3.05) is 6.61 Å². The molecule has 5 aliphatic carbocycles. The summed E-state index contributed by atoms with van der Waals surface area (Å²) < 4.78 is 26.3. The lowest BCUT2D eigenvalue weighted by atomic mass is 9.41. The monoisotopic (exact) mass is 586 g/mol. The summed E-state index contributed by atoms with van der Waals surface area (Å²) in [6.45, 7) is 15.4. The average Bonchev–Trinajstić information content (AvgIpc) is 3.36.